The van der Waals surface area contributed by atoms with Gasteiger partial charge in [0.15, 0.2) is 0 Å². The first-order valence-corrected chi connectivity index (χ1v) is 9.84. The monoisotopic (exact) mass is 372 g/mol. The van der Waals surface area contributed by atoms with E-state index in [4.69, 9.17) is 17.3 Å². The first-order chi connectivity index (χ1) is 12.6. The van der Waals surface area contributed by atoms with Crippen LogP contribution in [-0.4, -0.2) is 5.91 Å². The second-order valence-electron chi connectivity index (χ2n) is 6.86. The summed E-state index contributed by atoms with van der Waals surface area (Å²) in [6.45, 7) is 2.14. The average molecular weight is 373 g/mol. The Bertz CT molecular complexity index is 641. The first-order valence-electron chi connectivity index (χ1n) is 9.46. The third kappa shape index (κ3) is 7.49. The molecule has 3 nitrogen and oxygen atoms in total. The highest BCUT2D eigenvalue weighted by molar-refractivity contribution is 6.30. The zero-order valence-corrected chi connectivity index (χ0v) is 16.3. The second-order valence-corrected chi connectivity index (χ2v) is 7.29. The van der Waals surface area contributed by atoms with Crippen molar-refractivity contribution >= 4 is 28.9 Å². The lowest BCUT2D eigenvalue weighted by atomic mass is 9.87. The van der Waals surface area contributed by atoms with Crippen LogP contribution in [0, 0.1) is 5.92 Å². The number of halogens is 1. The van der Waals surface area contributed by atoms with Crippen LogP contribution in [0.1, 0.15) is 51.0 Å². The quantitative estimate of drug-likeness (QED) is 0.639. The fraction of sp³-hybridized carbons (Fsp3) is 0.409. The average Bonchev–Trinajstić information content (AvgIpc) is 2.66. The summed E-state index contributed by atoms with van der Waals surface area (Å²) in [5.41, 5.74) is 8.34. The number of hydrogen-bond acceptors (Lipinski definition) is 2. The van der Waals surface area contributed by atoms with Gasteiger partial charge >= 0.3 is 0 Å². The lowest BCUT2D eigenvalue weighted by molar-refractivity contribution is -0.117. The van der Waals surface area contributed by atoms with Gasteiger partial charge in [0.1, 0.15) is 0 Å². The SMILES string of the molecule is CCc1ccc(NC(=O)CC2CCCCC2)cc1.Nc1ccc(Cl)cc1. The Kier molecular flexibility index (Phi) is 8.49. The molecular formula is C22H29ClN2O. The van der Waals surface area contributed by atoms with Gasteiger partial charge in [-0.15, -0.1) is 0 Å². The van der Waals surface area contributed by atoms with E-state index in [9.17, 15) is 4.79 Å². The summed E-state index contributed by atoms with van der Waals surface area (Å²) in [5.74, 6) is 0.778. The molecule has 1 saturated carbocycles. The fourth-order valence-corrected chi connectivity index (χ4v) is 3.28. The highest BCUT2D eigenvalue weighted by Gasteiger charge is 2.16. The van der Waals surface area contributed by atoms with Gasteiger partial charge in [0.2, 0.25) is 5.91 Å². The van der Waals surface area contributed by atoms with Crippen molar-refractivity contribution in [3.8, 4) is 0 Å². The van der Waals surface area contributed by atoms with E-state index in [0.29, 0.717) is 12.3 Å². The molecule has 0 unspecified atom stereocenters. The molecule has 0 saturated heterocycles. The van der Waals surface area contributed by atoms with Crippen LogP contribution in [0.15, 0.2) is 48.5 Å². The van der Waals surface area contributed by atoms with Crippen molar-refractivity contribution in [3.63, 3.8) is 0 Å². The number of amides is 1. The topological polar surface area (TPSA) is 55.1 Å². The molecular weight excluding hydrogens is 344 g/mol. The number of anilines is 2. The summed E-state index contributed by atoms with van der Waals surface area (Å²) in [5, 5.41) is 3.72. The van der Waals surface area contributed by atoms with Gasteiger partial charge in [-0.2, -0.15) is 0 Å². The van der Waals surface area contributed by atoms with Crippen LogP contribution in [0.25, 0.3) is 0 Å². The molecule has 140 valence electrons. The lowest BCUT2D eigenvalue weighted by Gasteiger charge is -2.20. The first kappa shape index (κ1) is 20.3. The van der Waals surface area contributed by atoms with Crippen molar-refractivity contribution in [2.75, 3.05) is 11.1 Å². The Labute approximate surface area is 161 Å². The van der Waals surface area contributed by atoms with E-state index in [-0.39, 0.29) is 5.91 Å². The van der Waals surface area contributed by atoms with Gasteiger partial charge in [0.25, 0.3) is 0 Å². The van der Waals surface area contributed by atoms with Crippen molar-refractivity contribution in [1.82, 2.24) is 0 Å². The summed E-state index contributed by atoms with van der Waals surface area (Å²) in [7, 11) is 0. The molecule has 3 N–H and O–H groups in total. The predicted octanol–water partition coefficient (Wildman–Crippen LogP) is 6.08. The molecule has 0 aliphatic heterocycles. The summed E-state index contributed by atoms with van der Waals surface area (Å²) in [6, 6.07) is 15.2. The Balaban J connectivity index is 0.000000254. The predicted molar refractivity (Wildman–Crippen MR) is 112 cm³/mol. The minimum atomic E-state index is 0.172. The molecule has 1 aliphatic rings. The molecule has 0 heterocycles. The van der Waals surface area contributed by atoms with Crippen LogP contribution in [0.3, 0.4) is 0 Å². The maximum Gasteiger partial charge on any atom is 0.224 e. The van der Waals surface area contributed by atoms with Gasteiger partial charge in [-0.25, -0.2) is 0 Å². The Hall–Kier alpha value is -2.00. The lowest BCUT2D eigenvalue weighted by Crippen LogP contribution is -2.18. The maximum absolute atomic E-state index is 11.9. The van der Waals surface area contributed by atoms with Crippen molar-refractivity contribution in [2.24, 2.45) is 5.92 Å². The zero-order valence-electron chi connectivity index (χ0n) is 15.5. The van der Waals surface area contributed by atoms with Crippen molar-refractivity contribution < 1.29 is 4.79 Å². The normalized spacial score (nSPS) is 14.2. The Morgan fingerprint density at radius 1 is 1.04 bits per heavy atom. The van der Waals surface area contributed by atoms with E-state index in [0.717, 1.165) is 22.8 Å². The molecule has 0 atom stereocenters. The highest BCUT2D eigenvalue weighted by atomic mass is 35.5. The molecule has 0 bridgehead atoms. The van der Waals surface area contributed by atoms with Gasteiger partial charge in [-0.3, -0.25) is 4.79 Å². The summed E-state index contributed by atoms with van der Waals surface area (Å²) < 4.78 is 0. The number of rotatable bonds is 4. The zero-order chi connectivity index (χ0) is 18.8. The van der Waals surface area contributed by atoms with Crippen LogP contribution in [0.4, 0.5) is 11.4 Å². The summed E-state index contributed by atoms with van der Waals surface area (Å²) >= 11 is 5.56. The fourth-order valence-electron chi connectivity index (χ4n) is 3.15. The largest absolute Gasteiger partial charge is 0.399 e. The second kappa shape index (κ2) is 10.9. The van der Waals surface area contributed by atoms with E-state index in [1.807, 2.05) is 12.1 Å². The molecule has 0 radical (unpaired) electrons. The van der Waals surface area contributed by atoms with Gasteiger partial charge in [-0.1, -0.05) is 49.9 Å². The van der Waals surface area contributed by atoms with Crippen molar-refractivity contribution in [1.29, 1.82) is 0 Å². The van der Waals surface area contributed by atoms with E-state index in [1.54, 1.807) is 24.3 Å². The molecule has 1 amide bonds. The molecule has 0 aromatic heterocycles. The van der Waals surface area contributed by atoms with Crippen LogP contribution < -0.4 is 11.1 Å². The smallest absolute Gasteiger partial charge is 0.224 e. The molecule has 4 heteroatoms. The number of nitrogens with one attached hydrogen (secondary N) is 1. The standard InChI is InChI=1S/C16H23NO.C6H6ClN/c1-2-13-8-10-15(11-9-13)17-16(18)12-14-6-4-3-5-7-14;7-5-1-3-6(8)4-2-5/h8-11,14H,2-7,12H2,1H3,(H,17,18);1-4H,8H2. The minimum Gasteiger partial charge on any atom is -0.399 e. The molecule has 1 fully saturated rings. The Morgan fingerprint density at radius 3 is 2.19 bits per heavy atom. The molecule has 2 aromatic rings. The van der Waals surface area contributed by atoms with Crippen molar-refractivity contribution in [3.05, 3.63) is 59.1 Å². The summed E-state index contributed by atoms with van der Waals surface area (Å²) in [6.07, 6.45) is 8.11. The van der Waals surface area contributed by atoms with Gasteiger partial charge < -0.3 is 11.1 Å². The van der Waals surface area contributed by atoms with E-state index < -0.39 is 0 Å². The number of nitrogen functional groups attached to an aromatic ring is 1. The van der Waals surface area contributed by atoms with Crippen LogP contribution in [-0.2, 0) is 11.2 Å². The van der Waals surface area contributed by atoms with Crippen molar-refractivity contribution in [2.45, 2.75) is 51.9 Å². The number of aryl methyl sites for hydroxylation is 1. The van der Waals surface area contributed by atoms with E-state index in [2.05, 4.69) is 24.4 Å². The van der Waals surface area contributed by atoms with Crippen LogP contribution >= 0.6 is 11.6 Å². The van der Waals surface area contributed by atoms with Crippen LogP contribution in [0.2, 0.25) is 5.02 Å². The molecule has 1 aliphatic carbocycles. The van der Waals surface area contributed by atoms with Gasteiger partial charge in [-0.05, 0) is 67.1 Å². The third-order valence-corrected chi connectivity index (χ3v) is 4.97. The highest BCUT2D eigenvalue weighted by Crippen LogP contribution is 2.26. The maximum atomic E-state index is 11.9. The third-order valence-electron chi connectivity index (χ3n) is 4.71. The number of carbonyl (C=O) groups is 1. The molecule has 3 rings (SSSR count). The Morgan fingerprint density at radius 2 is 1.65 bits per heavy atom. The molecule has 26 heavy (non-hydrogen) atoms. The van der Waals surface area contributed by atoms with E-state index in [1.165, 1.54) is 37.7 Å². The minimum absolute atomic E-state index is 0.172. The van der Waals surface area contributed by atoms with Crippen LogP contribution in [0.5, 0.6) is 0 Å². The number of carbonyl (C=O) groups excluding carboxylic acids is 1. The molecule has 2 aromatic carbocycles. The van der Waals surface area contributed by atoms with Gasteiger partial charge in [0, 0.05) is 22.8 Å². The summed E-state index contributed by atoms with van der Waals surface area (Å²) in [4.78, 5) is 11.9. The number of benzene rings is 2. The number of nitrogens with two attached hydrogens (primary N) is 1. The molecule has 0 spiro atoms. The number of hydrogen-bond donors (Lipinski definition) is 2. The van der Waals surface area contributed by atoms with Gasteiger partial charge in [0.05, 0.1) is 0 Å². The van der Waals surface area contributed by atoms with E-state index >= 15 is 0 Å².